The van der Waals surface area contributed by atoms with Crippen LogP contribution in [-0.2, 0) is 9.47 Å². The van der Waals surface area contributed by atoms with Gasteiger partial charge in [0, 0.05) is 0 Å². The summed E-state index contributed by atoms with van der Waals surface area (Å²) in [4.78, 5) is 21.8. The molecule has 0 radical (unpaired) electrons. The molecule has 0 N–H and O–H groups in total. The number of thiophene rings is 1. The van der Waals surface area contributed by atoms with Crippen LogP contribution < -0.4 is 47.9 Å². The number of carbonyl (C=O) groups excluding carboxylic acids is 2. The van der Waals surface area contributed by atoms with Gasteiger partial charge in [-0.1, -0.05) is 11.5 Å². The molecule has 0 atom stereocenters. The van der Waals surface area contributed by atoms with Crippen molar-refractivity contribution in [3.63, 3.8) is 0 Å². The fourth-order valence-corrected chi connectivity index (χ4v) is 1.92. The summed E-state index contributed by atoms with van der Waals surface area (Å²) in [5.41, 5.74) is 0. The van der Waals surface area contributed by atoms with E-state index in [9.17, 15) is 19.8 Å². The van der Waals surface area contributed by atoms with Crippen molar-refractivity contribution in [3.8, 4) is 11.5 Å². The zero-order chi connectivity index (χ0) is 13.0. The molecule has 0 bridgehead atoms. The van der Waals surface area contributed by atoms with E-state index in [0.29, 0.717) is 11.3 Å². The Morgan fingerprint density at radius 3 is 1.53 bits per heavy atom. The Kier molecular flexibility index (Phi) is 10.2. The summed E-state index contributed by atoms with van der Waals surface area (Å²) in [7, 11) is 0. The van der Waals surface area contributed by atoms with E-state index in [2.05, 4.69) is 9.47 Å². The summed E-state index contributed by atoms with van der Waals surface area (Å²) >= 11 is 0.508. The van der Waals surface area contributed by atoms with E-state index in [1.54, 1.807) is 13.8 Å². The first-order valence-corrected chi connectivity index (χ1v) is 5.69. The van der Waals surface area contributed by atoms with Crippen molar-refractivity contribution >= 4 is 23.3 Å². The number of hydrogen-bond donors (Lipinski definition) is 0. The van der Waals surface area contributed by atoms with Crippen molar-refractivity contribution < 1.29 is 67.0 Å². The third-order valence-corrected chi connectivity index (χ3v) is 2.86. The predicted molar refractivity (Wildman–Crippen MR) is 55.1 cm³/mol. The average molecular weight is 272 g/mol. The average Bonchev–Trinajstić information content (AvgIpc) is 2.57. The van der Waals surface area contributed by atoms with Crippen molar-refractivity contribution in [2.45, 2.75) is 13.8 Å². The van der Waals surface area contributed by atoms with Gasteiger partial charge in [-0.2, -0.15) is 0 Å². The van der Waals surface area contributed by atoms with E-state index in [1.165, 1.54) is 0 Å². The van der Waals surface area contributed by atoms with Crippen LogP contribution in [0.2, 0.25) is 0 Å². The van der Waals surface area contributed by atoms with Crippen LogP contribution in [0.1, 0.15) is 33.2 Å². The molecule has 0 amide bonds. The molecule has 0 aliphatic carbocycles. The molecule has 94 valence electrons. The van der Waals surface area contributed by atoms with Gasteiger partial charge in [-0.25, -0.2) is 9.59 Å². The second kappa shape index (κ2) is 9.36. The maximum atomic E-state index is 11.4. The van der Waals surface area contributed by atoms with Crippen molar-refractivity contribution in [1.82, 2.24) is 0 Å². The molecule has 1 aromatic rings. The second-order valence-electron chi connectivity index (χ2n) is 2.86. The largest absolute Gasteiger partial charge is 1.00 e. The first kappa shape index (κ1) is 20.7. The summed E-state index contributed by atoms with van der Waals surface area (Å²) in [5, 5.41) is 22.8. The molecule has 1 heterocycles. The number of rotatable bonds is 4. The van der Waals surface area contributed by atoms with Crippen molar-refractivity contribution in [2.24, 2.45) is 0 Å². The Hall–Kier alpha value is -0.565. The Bertz CT molecular complexity index is 407. The Morgan fingerprint density at radius 1 is 0.947 bits per heavy atom. The third kappa shape index (κ3) is 4.79. The molecule has 0 saturated carbocycles. The second-order valence-corrected chi connectivity index (χ2v) is 3.88. The van der Waals surface area contributed by atoms with Gasteiger partial charge in [0.2, 0.25) is 0 Å². The zero-order valence-electron chi connectivity index (χ0n) is 11.3. The van der Waals surface area contributed by atoms with Gasteiger partial charge in [0.15, 0.2) is 0 Å². The molecule has 1 aromatic heterocycles. The van der Waals surface area contributed by atoms with Gasteiger partial charge in [-0.15, -0.1) is 11.3 Å². The Morgan fingerprint density at radius 2 is 1.26 bits per heavy atom. The fraction of sp³-hybridized carbons (Fsp3) is 0.400. The first-order valence-electron chi connectivity index (χ1n) is 4.87. The van der Waals surface area contributed by atoms with Gasteiger partial charge < -0.3 is 19.7 Å². The molecule has 0 spiro atoms. The number of ether oxygens (including phenoxy) is 2. The van der Waals surface area contributed by atoms with Crippen LogP contribution in [0.15, 0.2) is 0 Å². The van der Waals surface area contributed by atoms with Gasteiger partial charge >= 0.3 is 49.7 Å². The first-order chi connectivity index (χ1) is 8.02. The molecule has 9 heteroatoms. The van der Waals surface area contributed by atoms with Gasteiger partial charge in [0.05, 0.1) is 13.2 Å². The van der Waals surface area contributed by atoms with E-state index in [4.69, 9.17) is 0 Å². The number of carbonyl (C=O) groups is 2. The van der Waals surface area contributed by atoms with E-state index >= 15 is 0 Å². The standard InChI is InChI=1S/C10H12O6S.2Li/c1-3-15-9(13)7-5(11)6(12)8(17-7)10(14)16-4-2;;/h11-12H,3-4H2,1-2H3;;/q;2*+1/p-2. The predicted octanol–water partition coefficient (Wildman–Crippen LogP) is -5.74. The molecule has 6 nitrogen and oxygen atoms in total. The maximum Gasteiger partial charge on any atom is 1.00 e. The van der Waals surface area contributed by atoms with Crippen LogP contribution in [0, 0.1) is 0 Å². The van der Waals surface area contributed by atoms with Gasteiger partial charge in [-0.3, -0.25) is 0 Å². The summed E-state index contributed by atoms with van der Waals surface area (Å²) < 4.78 is 9.19. The minimum atomic E-state index is -1.02. The minimum Gasteiger partial charge on any atom is -0.872 e. The molecule has 1 rings (SSSR count). The summed E-state index contributed by atoms with van der Waals surface area (Å²) in [5.74, 6) is -3.82. The topological polar surface area (TPSA) is 98.7 Å². The van der Waals surface area contributed by atoms with E-state index in [0.717, 1.165) is 0 Å². The zero-order valence-corrected chi connectivity index (χ0v) is 12.1. The Labute approximate surface area is 138 Å². The van der Waals surface area contributed by atoms with Crippen LogP contribution in [-0.4, -0.2) is 25.2 Å². The molecule has 0 aliphatic rings. The van der Waals surface area contributed by atoms with Gasteiger partial charge in [0.25, 0.3) is 0 Å². The molecule has 0 aliphatic heterocycles. The van der Waals surface area contributed by atoms with Crippen molar-refractivity contribution in [3.05, 3.63) is 9.75 Å². The molecule has 0 saturated heterocycles. The summed E-state index contributed by atoms with van der Waals surface area (Å²) in [6.45, 7) is 3.30. The van der Waals surface area contributed by atoms with Crippen LogP contribution in [0.4, 0.5) is 0 Å². The van der Waals surface area contributed by atoms with Crippen LogP contribution in [0.25, 0.3) is 0 Å². The molecule has 0 unspecified atom stereocenters. The minimum absolute atomic E-state index is 0. The maximum absolute atomic E-state index is 11.4. The van der Waals surface area contributed by atoms with Crippen molar-refractivity contribution in [1.29, 1.82) is 0 Å². The third-order valence-electron chi connectivity index (χ3n) is 1.74. The summed E-state index contributed by atoms with van der Waals surface area (Å²) in [6.07, 6.45) is 0. The van der Waals surface area contributed by atoms with E-state index < -0.39 is 23.4 Å². The van der Waals surface area contributed by atoms with E-state index in [-0.39, 0.29) is 60.7 Å². The normalized spacial score (nSPS) is 8.95. The Balaban J connectivity index is 0. The van der Waals surface area contributed by atoms with Crippen molar-refractivity contribution in [2.75, 3.05) is 13.2 Å². The van der Waals surface area contributed by atoms with Gasteiger partial charge in [-0.05, 0) is 13.8 Å². The molecular formula is C10H10Li2O6S. The molecule has 0 aromatic carbocycles. The van der Waals surface area contributed by atoms with Crippen LogP contribution in [0.5, 0.6) is 11.5 Å². The van der Waals surface area contributed by atoms with E-state index in [1.807, 2.05) is 0 Å². The fourth-order valence-electron chi connectivity index (χ4n) is 1.06. The molecule has 19 heavy (non-hydrogen) atoms. The monoisotopic (exact) mass is 272 g/mol. The molecule has 0 fully saturated rings. The van der Waals surface area contributed by atoms with Gasteiger partial charge in [0.1, 0.15) is 9.75 Å². The number of esters is 2. The summed E-state index contributed by atoms with van der Waals surface area (Å²) in [6, 6.07) is 0. The quantitative estimate of drug-likeness (QED) is 0.400. The van der Waals surface area contributed by atoms with Crippen LogP contribution >= 0.6 is 11.3 Å². The molecular weight excluding hydrogens is 262 g/mol. The van der Waals surface area contributed by atoms with Crippen LogP contribution in [0.3, 0.4) is 0 Å². The number of hydrogen-bond acceptors (Lipinski definition) is 7. The smallest absolute Gasteiger partial charge is 0.872 e. The SMILES string of the molecule is CCOC(=O)c1sc(C(=O)OCC)c([O-])c1[O-].[Li+].[Li+].